The van der Waals surface area contributed by atoms with Gasteiger partial charge in [0.15, 0.2) is 0 Å². The first-order valence-electron chi connectivity index (χ1n) is 6.21. The fraction of sp³-hybridized carbons (Fsp3) is 0.917. The maximum Gasteiger partial charge on any atom is 0.223 e. The number of rotatable bonds is 4. The third kappa shape index (κ3) is 3.95. The van der Waals surface area contributed by atoms with Gasteiger partial charge >= 0.3 is 0 Å². The third-order valence-corrected chi connectivity index (χ3v) is 3.62. The Morgan fingerprint density at radius 3 is 2.56 bits per heavy atom. The van der Waals surface area contributed by atoms with E-state index in [-0.39, 0.29) is 30.3 Å². The van der Waals surface area contributed by atoms with Gasteiger partial charge in [0.05, 0.1) is 0 Å². The number of hydrogen-bond acceptors (Lipinski definition) is 2. The van der Waals surface area contributed by atoms with Crippen molar-refractivity contribution in [1.29, 1.82) is 0 Å². The van der Waals surface area contributed by atoms with Crippen molar-refractivity contribution in [3.05, 3.63) is 0 Å². The van der Waals surface area contributed by atoms with E-state index in [0.29, 0.717) is 6.04 Å². The van der Waals surface area contributed by atoms with Crippen molar-refractivity contribution < 1.29 is 4.79 Å². The van der Waals surface area contributed by atoms with Crippen LogP contribution >= 0.6 is 12.4 Å². The molecule has 1 amide bonds. The monoisotopic (exact) mass is 246 g/mol. The molecule has 3 atom stereocenters. The fourth-order valence-corrected chi connectivity index (χ4v) is 2.53. The zero-order valence-corrected chi connectivity index (χ0v) is 10.8. The molecule has 0 aromatic carbocycles. The quantitative estimate of drug-likeness (QED) is 0.795. The van der Waals surface area contributed by atoms with E-state index in [9.17, 15) is 4.79 Å². The van der Waals surface area contributed by atoms with Crippen molar-refractivity contribution >= 4 is 18.3 Å². The molecule has 4 heteroatoms. The van der Waals surface area contributed by atoms with E-state index >= 15 is 0 Å². The van der Waals surface area contributed by atoms with Crippen molar-refractivity contribution in [3.8, 4) is 0 Å². The van der Waals surface area contributed by atoms with Gasteiger partial charge in [0, 0.05) is 18.0 Å². The maximum atomic E-state index is 11.8. The Hall–Kier alpha value is -0.280. The van der Waals surface area contributed by atoms with Crippen LogP contribution in [0.15, 0.2) is 0 Å². The first-order valence-corrected chi connectivity index (χ1v) is 6.21. The van der Waals surface area contributed by atoms with Crippen LogP contribution in [-0.2, 0) is 4.79 Å². The zero-order valence-electron chi connectivity index (χ0n) is 9.95. The van der Waals surface area contributed by atoms with Crippen LogP contribution in [0.2, 0.25) is 0 Å². The highest BCUT2D eigenvalue weighted by atomic mass is 35.5. The minimum Gasteiger partial charge on any atom is -0.353 e. The lowest BCUT2D eigenvalue weighted by Crippen LogP contribution is -2.37. The molecule has 16 heavy (non-hydrogen) atoms. The summed E-state index contributed by atoms with van der Waals surface area (Å²) in [4.78, 5) is 11.8. The van der Waals surface area contributed by atoms with Crippen LogP contribution in [0.4, 0.5) is 0 Å². The molecule has 3 unspecified atom stereocenters. The Morgan fingerprint density at radius 2 is 2.06 bits per heavy atom. The van der Waals surface area contributed by atoms with Crippen LogP contribution in [0.5, 0.6) is 0 Å². The first kappa shape index (κ1) is 13.8. The molecule has 0 aliphatic heterocycles. The Kier molecular flexibility index (Phi) is 5.06. The molecule has 3 N–H and O–H groups in total. The molecule has 0 heterocycles. The smallest absolute Gasteiger partial charge is 0.223 e. The van der Waals surface area contributed by atoms with E-state index in [0.717, 1.165) is 31.6 Å². The standard InChI is InChI=1S/C12H22N2O.ClH/c1-8(6-9-2-3-9)14-12(15)10-4-5-11(13)7-10;/h8-11H,2-7,13H2,1H3,(H,14,15);1H. The van der Waals surface area contributed by atoms with Crippen LogP contribution < -0.4 is 11.1 Å². The number of amides is 1. The third-order valence-electron chi connectivity index (χ3n) is 3.62. The number of nitrogens with two attached hydrogens (primary N) is 1. The average Bonchev–Trinajstić information content (AvgIpc) is 2.85. The SMILES string of the molecule is CC(CC1CC1)NC(=O)C1CCC(N)C1.Cl. The van der Waals surface area contributed by atoms with Gasteiger partial charge in [0.25, 0.3) is 0 Å². The summed E-state index contributed by atoms with van der Waals surface area (Å²) in [5.41, 5.74) is 5.80. The summed E-state index contributed by atoms with van der Waals surface area (Å²) >= 11 is 0. The zero-order chi connectivity index (χ0) is 10.8. The van der Waals surface area contributed by atoms with E-state index in [1.54, 1.807) is 0 Å². The molecule has 2 aliphatic carbocycles. The van der Waals surface area contributed by atoms with Gasteiger partial charge in [-0.3, -0.25) is 4.79 Å². The summed E-state index contributed by atoms with van der Waals surface area (Å²) < 4.78 is 0. The Balaban J connectivity index is 0.00000128. The highest BCUT2D eigenvalue weighted by Crippen LogP contribution is 2.33. The lowest BCUT2D eigenvalue weighted by molar-refractivity contribution is -0.125. The highest BCUT2D eigenvalue weighted by molar-refractivity contribution is 5.85. The molecule has 0 spiro atoms. The molecule has 2 saturated carbocycles. The summed E-state index contributed by atoms with van der Waals surface area (Å²) in [6, 6.07) is 0.598. The van der Waals surface area contributed by atoms with Crippen LogP contribution in [0.3, 0.4) is 0 Å². The van der Waals surface area contributed by atoms with Gasteiger partial charge in [-0.25, -0.2) is 0 Å². The fourth-order valence-electron chi connectivity index (χ4n) is 2.53. The van der Waals surface area contributed by atoms with Crippen LogP contribution in [0.25, 0.3) is 0 Å². The van der Waals surface area contributed by atoms with Crippen LogP contribution in [-0.4, -0.2) is 18.0 Å². The largest absolute Gasteiger partial charge is 0.353 e. The highest BCUT2D eigenvalue weighted by Gasteiger charge is 2.29. The summed E-state index contributed by atoms with van der Waals surface area (Å²) in [6.07, 6.45) is 6.73. The van der Waals surface area contributed by atoms with Crippen molar-refractivity contribution in [3.63, 3.8) is 0 Å². The molecule has 0 radical (unpaired) electrons. The Labute approximate surface area is 104 Å². The van der Waals surface area contributed by atoms with E-state index in [1.807, 2.05) is 0 Å². The topological polar surface area (TPSA) is 55.1 Å². The molecular formula is C12H23ClN2O. The minimum atomic E-state index is 0. The second-order valence-corrected chi connectivity index (χ2v) is 5.36. The lowest BCUT2D eigenvalue weighted by Gasteiger charge is -2.16. The van der Waals surface area contributed by atoms with Crippen LogP contribution in [0.1, 0.15) is 45.4 Å². The maximum absolute atomic E-state index is 11.8. The number of halogens is 1. The van der Waals surface area contributed by atoms with Gasteiger partial charge < -0.3 is 11.1 Å². The molecule has 2 rings (SSSR count). The molecule has 2 fully saturated rings. The van der Waals surface area contributed by atoms with E-state index in [4.69, 9.17) is 5.73 Å². The Morgan fingerprint density at radius 1 is 1.38 bits per heavy atom. The molecule has 2 aliphatic rings. The van der Waals surface area contributed by atoms with Gasteiger partial charge in [-0.05, 0) is 38.5 Å². The van der Waals surface area contributed by atoms with Gasteiger partial charge in [-0.2, -0.15) is 0 Å². The molecule has 0 saturated heterocycles. The summed E-state index contributed by atoms with van der Waals surface area (Å²) in [5, 5.41) is 3.12. The predicted octanol–water partition coefficient (Wildman–Crippen LogP) is 1.84. The minimum absolute atomic E-state index is 0. The van der Waals surface area contributed by atoms with Crippen molar-refractivity contribution in [2.75, 3.05) is 0 Å². The molecule has 0 aromatic rings. The second-order valence-electron chi connectivity index (χ2n) is 5.36. The molecular weight excluding hydrogens is 224 g/mol. The number of carbonyl (C=O) groups is 1. The lowest BCUT2D eigenvalue weighted by atomic mass is 10.1. The number of hydrogen-bond donors (Lipinski definition) is 2. The first-order chi connectivity index (χ1) is 7.15. The van der Waals surface area contributed by atoms with Crippen molar-refractivity contribution in [1.82, 2.24) is 5.32 Å². The molecule has 3 nitrogen and oxygen atoms in total. The predicted molar refractivity (Wildman–Crippen MR) is 67.5 cm³/mol. The normalized spacial score (nSPS) is 30.6. The number of carbonyl (C=O) groups excluding carboxylic acids is 1. The molecule has 0 aromatic heterocycles. The molecule has 94 valence electrons. The number of nitrogens with one attached hydrogen (secondary N) is 1. The average molecular weight is 247 g/mol. The molecule has 0 bridgehead atoms. The van der Waals surface area contributed by atoms with Crippen molar-refractivity contribution in [2.45, 2.75) is 57.5 Å². The van der Waals surface area contributed by atoms with Gasteiger partial charge in [-0.1, -0.05) is 12.8 Å². The van der Waals surface area contributed by atoms with E-state index in [1.165, 1.54) is 12.8 Å². The van der Waals surface area contributed by atoms with Crippen LogP contribution in [0, 0.1) is 11.8 Å². The Bertz CT molecular complexity index is 243. The van der Waals surface area contributed by atoms with Crippen molar-refractivity contribution in [2.24, 2.45) is 17.6 Å². The van der Waals surface area contributed by atoms with Gasteiger partial charge in [0.1, 0.15) is 0 Å². The van der Waals surface area contributed by atoms with Gasteiger partial charge in [0.2, 0.25) is 5.91 Å². The summed E-state index contributed by atoms with van der Waals surface area (Å²) in [6.45, 7) is 2.12. The summed E-state index contributed by atoms with van der Waals surface area (Å²) in [7, 11) is 0. The van der Waals surface area contributed by atoms with Gasteiger partial charge in [-0.15, -0.1) is 12.4 Å². The summed E-state index contributed by atoms with van der Waals surface area (Å²) in [5.74, 6) is 1.30. The second kappa shape index (κ2) is 5.87. The van der Waals surface area contributed by atoms with E-state index < -0.39 is 0 Å². The van der Waals surface area contributed by atoms with E-state index in [2.05, 4.69) is 12.2 Å².